The Bertz CT molecular complexity index is 575. The second-order valence-electron chi connectivity index (χ2n) is 3.63. The molecule has 1 heterocycles. The molecule has 18 heavy (non-hydrogen) atoms. The number of halogens is 1. The summed E-state index contributed by atoms with van der Waals surface area (Å²) >= 11 is 0. The summed E-state index contributed by atoms with van der Waals surface area (Å²) < 4.78 is 13.4. The average Bonchev–Trinajstić information content (AvgIpc) is 2.38. The van der Waals surface area contributed by atoms with Crippen LogP contribution in [0.4, 0.5) is 15.9 Å². The molecule has 0 aliphatic heterocycles. The van der Waals surface area contributed by atoms with E-state index in [0.29, 0.717) is 5.56 Å². The van der Waals surface area contributed by atoms with Gasteiger partial charge in [0.15, 0.2) is 0 Å². The number of nitrogens with one attached hydrogen (secondary N) is 2. The van der Waals surface area contributed by atoms with Crippen molar-refractivity contribution in [1.29, 1.82) is 0 Å². The van der Waals surface area contributed by atoms with Crippen LogP contribution in [0.5, 0.6) is 0 Å². The number of H-pyrrole nitrogens is 1. The maximum atomic E-state index is 13.4. The Morgan fingerprint density at radius 2 is 2.06 bits per heavy atom. The Morgan fingerprint density at radius 1 is 1.28 bits per heavy atom. The van der Waals surface area contributed by atoms with Crippen LogP contribution in [0.25, 0.3) is 0 Å². The minimum Gasteiger partial charge on any atom is -0.264 e. The van der Waals surface area contributed by atoms with Crippen molar-refractivity contribution in [1.82, 2.24) is 0 Å². The molecule has 5 nitrogen and oxygen atoms in total. The first kappa shape index (κ1) is 12.0. The van der Waals surface area contributed by atoms with Gasteiger partial charge in [-0.05, 0) is 12.1 Å². The van der Waals surface area contributed by atoms with Crippen molar-refractivity contribution in [2.24, 2.45) is 0 Å². The smallest absolute Gasteiger partial charge is 0.264 e. The number of aromatic nitrogens is 1. The molecule has 1 aromatic carbocycles. The highest BCUT2D eigenvalue weighted by atomic mass is 19.1. The van der Waals surface area contributed by atoms with Crippen molar-refractivity contribution in [3.05, 3.63) is 64.1 Å². The van der Waals surface area contributed by atoms with E-state index < -0.39 is 4.92 Å². The molecule has 0 aliphatic carbocycles. The van der Waals surface area contributed by atoms with Gasteiger partial charge in [-0.1, -0.05) is 18.2 Å². The van der Waals surface area contributed by atoms with Crippen LogP contribution < -0.4 is 10.3 Å². The van der Waals surface area contributed by atoms with Crippen LogP contribution in [0.15, 0.2) is 42.6 Å². The fourth-order valence-corrected chi connectivity index (χ4v) is 1.55. The zero-order valence-corrected chi connectivity index (χ0v) is 9.39. The first-order chi connectivity index (χ1) is 8.68. The molecule has 2 aromatic rings. The average molecular weight is 248 g/mol. The van der Waals surface area contributed by atoms with Crippen LogP contribution in [-0.2, 0) is 6.54 Å². The summed E-state index contributed by atoms with van der Waals surface area (Å²) in [5.41, 5.74) is 0.373. The lowest BCUT2D eigenvalue weighted by atomic mass is 10.2. The Hall–Kier alpha value is -2.50. The molecule has 2 rings (SSSR count). The van der Waals surface area contributed by atoms with Gasteiger partial charge < -0.3 is 0 Å². The molecule has 0 aliphatic rings. The monoisotopic (exact) mass is 248 g/mol. The molecule has 2 N–H and O–H groups in total. The molecular formula is C12H11FN3O2+. The normalized spacial score (nSPS) is 10.1. The highest BCUT2D eigenvalue weighted by molar-refractivity contribution is 5.51. The van der Waals surface area contributed by atoms with E-state index >= 15 is 0 Å². The Balaban J connectivity index is 2.16. The molecule has 92 valence electrons. The molecule has 0 saturated heterocycles. The van der Waals surface area contributed by atoms with Crippen LogP contribution in [-0.4, -0.2) is 4.92 Å². The summed E-state index contributed by atoms with van der Waals surface area (Å²) in [6, 6.07) is 9.18. The lowest BCUT2D eigenvalue weighted by molar-refractivity contribution is -0.409. The van der Waals surface area contributed by atoms with Crippen LogP contribution in [0, 0.1) is 15.9 Å². The second-order valence-corrected chi connectivity index (χ2v) is 3.63. The first-order valence-electron chi connectivity index (χ1n) is 5.31. The van der Waals surface area contributed by atoms with Crippen LogP contribution >= 0.6 is 0 Å². The van der Waals surface area contributed by atoms with E-state index in [2.05, 4.69) is 10.3 Å². The van der Waals surface area contributed by atoms with Gasteiger partial charge in [0.2, 0.25) is 0 Å². The van der Waals surface area contributed by atoms with Gasteiger partial charge >= 0.3 is 11.5 Å². The molecule has 0 radical (unpaired) electrons. The number of anilines is 1. The Morgan fingerprint density at radius 3 is 2.78 bits per heavy atom. The third kappa shape index (κ3) is 2.60. The molecule has 0 spiro atoms. The van der Waals surface area contributed by atoms with Gasteiger partial charge in [0.05, 0.1) is 11.1 Å². The summed E-state index contributed by atoms with van der Waals surface area (Å²) in [6.07, 6.45) is 1.57. The van der Waals surface area contributed by atoms with E-state index in [1.807, 2.05) is 0 Å². The quantitative estimate of drug-likeness (QED) is 0.665. The number of pyridine rings is 1. The van der Waals surface area contributed by atoms with Crippen molar-refractivity contribution in [2.45, 2.75) is 6.54 Å². The van der Waals surface area contributed by atoms with E-state index in [0.717, 1.165) is 0 Å². The third-order valence-corrected chi connectivity index (χ3v) is 2.44. The zero-order chi connectivity index (χ0) is 13.0. The van der Waals surface area contributed by atoms with E-state index in [1.54, 1.807) is 24.4 Å². The molecule has 6 heteroatoms. The van der Waals surface area contributed by atoms with Gasteiger partial charge in [0.25, 0.3) is 0 Å². The number of aromatic amines is 1. The maximum Gasteiger partial charge on any atom is 0.357 e. The third-order valence-electron chi connectivity index (χ3n) is 2.44. The van der Waals surface area contributed by atoms with Gasteiger partial charge in [0.1, 0.15) is 12.4 Å². The van der Waals surface area contributed by atoms with Crippen molar-refractivity contribution in [3.63, 3.8) is 0 Å². The number of nitro groups is 1. The molecule has 1 aromatic heterocycles. The first-order valence-corrected chi connectivity index (χ1v) is 5.31. The minimum absolute atomic E-state index is 0.0751. The largest absolute Gasteiger partial charge is 0.357 e. The predicted molar refractivity (Wildman–Crippen MR) is 63.4 cm³/mol. The predicted octanol–water partition coefficient (Wildman–Crippen LogP) is 2.16. The van der Waals surface area contributed by atoms with E-state index in [9.17, 15) is 14.5 Å². The maximum absolute atomic E-state index is 13.4. The van der Waals surface area contributed by atoms with Crippen LogP contribution in [0.3, 0.4) is 0 Å². The lowest BCUT2D eigenvalue weighted by Crippen LogP contribution is -2.15. The number of rotatable bonds is 4. The second kappa shape index (κ2) is 5.22. The van der Waals surface area contributed by atoms with Gasteiger partial charge in [-0.3, -0.25) is 15.4 Å². The van der Waals surface area contributed by atoms with Gasteiger partial charge in [-0.25, -0.2) is 9.37 Å². The zero-order valence-electron chi connectivity index (χ0n) is 9.39. The van der Waals surface area contributed by atoms with Crippen LogP contribution in [0.2, 0.25) is 0 Å². The Kier molecular flexibility index (Phi) is 3.47. The van der Waals surface area contributed by atoms with Crippen LogP contribution in [0.1, 0.15) is 5.56 Å². The highest BCUT2D eigenvalue weighted by Crippen LogP contribution is 2.18. The molecule has 0 saturated carbocycles. The number of hydrogen-bond acceptors (Lipinski definition) is 3. The number of hydrogen-bond donors (Lipinski definition) is 1. The summed E-state index contributed by atoms with van der Waals surface area (Å²) in [5.74, 6) is -0.0886. The Labute approximate surface area is 102 Å². The minimum atomic E-state index is -0.500. The summed E-state index contributed by atoms with van der Waals surface area (Å²) in [7, 11) is 0. The van der Waals surface area contributed by atoms with Gasteiger partial charge in [0, 0.05) is 11.6 Å². The topological polar surface area (TPSA) is 69.3 Å². The van der Waals surface area contributed by atoms with E-state index in [4.69, 9.17) is 0 Å². The van der Waals surface area contributed by atoms with Gasteiger partial charge in [-0.15, -0.1) is 0 Å². The molecule has 0 atom stereocenters. The fourth-order valence-electron chi connectivity index (χ4n) is 1.55. The summed E-state index contributed by atoms with van der Waals surface area (Å²) in [6.45, 7) is 0.175. The SMILES string of the molecule is O=[N+]([O-])c1ccc[nH+]c1NCc1ccccc1F. The molecular weight excluding hydrogens is 237 g/mol. The standard InChI is InChI=1S/C12H10FN3O2/c13-10-5-2-1-4-9(10)8-15-12-11(16(17)18)6-3-7-14-12/h1-7H,8H2,(H,14,15)/p+1. The van der Waals surface area contributed by atoms with Crippen molar-refractivity contribution in [3.8, 4) is 0 Å². The fraction of sp³-hybridized carbons (Fsp3) is 0.0833. The van der Waals surface area contributed by atoms with Gasteiger partial charge in [-0.2, -0.15) is 0 Å². The molecule has 0 amide bonds. The molecule has 0 unspecified atom stereocenters. The molecule has 0 fully saturated rings. The van der Waals surface area contributed by atoms with Crippen molar-refractivity contribution in [2.75, 3.05) is 5.32 Å². The van der Waals surface area contributed by atoms with Crippen molar-refractivity contribution >= 4 is 11.5 Å². The number of benzene rings is 1. The highest BCUT2D eigenvalue weighted by Gasteiger charge is 2.19. The summed E-state index contributed by atoms with van der Waals surface area (Å²) in [5, 5.41) is 13.6. The summed E-state index contributed by atoms with van der Waals surface area (Å²) in [4.78, 5) is 13.0. The van der Waals surface area contributed by atoms with E-state index in [-0.39, 0.29) is 23.9 Å². The van der Waals surface area contributed by atoms with E-state index in [1.165, 1.54) is 18.2 Å². The van der Waals surface area contributed by atoms with Crippen molar-refractivity contribution < 1.29 is 14.3 Å². The number of nitrogens with zero attached hydrogens (tertiary/aromatic N) is 1. The molecule has 0 bridgehead atoms. The lowest BCUT2D eigenvalue weighted by Gasteiger charge is -2.01.